The van der Waals surface area contributed by atoms with Crippen molar-refractivity contribution in [2.75, 3.05) is 13.7 Å². The third-order valence-electron chi connectivity index (χ3n) is 7.37. The van der Waals surface area contributed by atoms with E-state index in [0.717, 1.165) is 11.1 Å². The molecule has 1 atom stereocenters. The predicted octanol–water partition coefficient (Wildman–Crippen LogP) is 6.32. The van der Waals surface area contributed by atoms with E-state index >= 15 is 0 Å². The van der Waals surface area contributed by atoms with Crippen LogP contribution in [0, 0.1) is 5.82 Å². The first kappa shape index (κ1) is 31.0. The number of nitrogens with zero attached hydrogens (tertiary/aromatic N) is 2. The fraction of sp³-hybridized carbons (Fsp3) is 0.139. The number of aromatic nitrogens is 1. The SMILES string of the molecule is CCOC(=O)C1=C(c2ccccc2)N=c2s/c(=C\c3cc(Cl)c(OCc4ccccc4F)c(OC)c3)c(=O)n2[C@@H]1c1ccccc1. The number of fused-ring (bicyclic) bond motifs is 1. The van der Waals surface area contributed by atoms with Gasteiger partial charge in [-0.3, -0.25) is 9.36 Å². The molecule has 0 N–H and O–H groups in total. The van der Waals surface area contributed by atoms with Crippen LogP contribution < -0.4 is 24.4 Å². The van der Waals surface area contributed by atoms with Crippen LogP contribution in [-0.2, 0) is 16.1 Å². The molecule has 46 heavy (non-hydrogen) atoms. The Morgan fingerprint density at radius 1 is 1.02 bits per heavy atom. The first-order chi connectivity index (χ1) is 22.4. The summed E-state index contributed by atoms with van der Waals surface area (Å²) in [5.41, 5.74) is 2.81. The van der Waals surface area contributed by atoms with Gasteiger partial charge < -0.3 is 14.2 Å². The molecule has 0 fully saturated rings. The highest BCUT2D eigenvalue weighted by molar-refractivity contribution is 7.07. The monoisotopic (exact) mass is 654 g/mol. The zero-order valence-electron chi connectivity index (χ0n) is 24.9. The Hall–Kier alpha value is -4.99. The fourth-order valence-corrected chi connectivity index (χ4v) is 6.55. The molecule has 0 spiro atoms. The van der Waals surface area contributed by atoms with E-state index in [9.17, 15) is 14.0 Å². The van der Waals surface area contributed by atoms with E-state index in [1.807, 2.05) is 60.7 Å². The summed E-state index contributed by atoms with van der Waals surface area (Å²) < 4.78 is 33.0. The number of carbonyl (C=O) groups is 1. The molecule has 0 aliphatic carbocycles. The van der Waals surface area contributed by atoms with Gasteiger partial charge in [0.25, 0.3) is 5.56 Å². The highest BCUT2D eigenvalue weighted by Gasteiger charge is 2.35. The molecule has 1 aliphatic heterocycles. The summed E-state index contributed by atoms with van der Waals surface area (Å²) in [6, 6.07) is 27.6. The van der Waals surface area contributed by atoms with Crippen LogP contribution in [0.15, 0.2) is 112 Å². The van der Waals surface area contributed by atoms with E-state index < -0.39 is 12.0 Å². The van der Waals surface area contributed by atoms with Crippen LogP contribution in [0.5, 0.6) is 11.5 Å². The number of hydrogen-bond acceptors (Lipinski definition) is 7. The zero-order chi connectivity index (χ0) is 32.2. The second kappa shape index (κ2) is 13.6. The lowest BCUT2D eigenvalue weighted by Gasteiger charge is -2.25. The van der Waals surface area contributed by atoms with Crippen LogP contribution in [0.2, 0.25) is 5.02 Å². The van der Waals surface area contributed by atoms with Crippen molar-refractivity contribution >= 4 is 40.7 Å². The number of hydrogen-bond donors (Lipinski definition) is 0. The molecule has 0 saturated heterocycles. The molecular formula is C36H28ClFN2O5S. The molecule has 232 valence electrons. The van der Waals surface area contributed by atoms with Crippen LogP contribution in [0.4, 0.5) is 4.39 Å². The van der Waals surface area contributed by atoms with E-state index in [2.05, 4.69) is 0 Å². The van der Waals surface area contributed by atoms with Gasteiger partial charge in [-0.15, -0.1) is 0 Å². The molecule has 1 aliphatic rings. The molecule has 7 nitrogen and oxygen atoms in total. The molecule has 4 aromatic carbocycles. The Morgan fingerprint density at radius 3 is 2.41 bits per heavy atom. The van der Waals surface area contributed by atoms with Gasteiger partial charge in [0.05, 0.1) is 40.6 Å². The molecule has 0 amide bonds. The van der Waals surface area contributed by atoms with Gasteiger partial charge in [0.1, 0.15) is 12.4 Å². The van der Waals surface area contributed by atoms with Crippen LogP contribution in [0.25, 0.3) is 11.8 Å². The quantitative estimate of drug-likeness (QED) is 0.174. The minimum absolute atomic E-state index is 0.0489. The summed E-state index contributed by atoms with van der Waals surface area (Å²) >= 11 is 7.82. The maximum Gasteiger partial charge on any atom is 0.338 e. The minimum Gasteiger partial charge on any atom is -0.493 e. The highest BCUT2D eigenvalue weighted by atomic mass is 35.5. The largest absolute Gasteiger partial charge is 0.493 e. The minimum atomic E-state index is -0.777. The van der Waals surface area contributed by atoms with Crippen molar-refractivity contribution < 1.29 is 23.4 Å². The first-order valence-electron chi connectivity index (χ1n) is 14.5. The standard InChI is InChI=1S/C36H28ClFN2O5S/c1-3-44-35(42)30-31(23-12-6-4-7-13-23)39-36-40(32(30)24-14-8-5-9-15-24)34(41)29(46-36)20-22-18-26(37)33(28(19-22)43-2)45-21-25-16-10-11-17-27(25)38/h4-20,32H,3,21H2,1-2H3/b29-20-/t32-/m1/s1. The Labute approximate surface area is 273 Å². The van der Waals surface area contributed by atoms with Gasteiger partial charge in [0.2, 0.25) is 0 Å². The fourth-order valence-electron chi connectivity index (χ4n) is 5.27. The van der Waals surface area contributed by atoms with Gasteiger partial charge in [-0.1, -0.05) is 102 Å². The van der Waals surface area contributed by atoms with Gasteiger partial charge in [-0.2, -0.15) is 0 Å². The lowest BCUT2D eigenvalue weighted by Crippen LogP contribution is -2.39. The average Bonchev–Trinajstić information content (AvgIpc) is 3.38. The molecular weight excluding hydrogens is 627 g/mol. The number of thiazole rings is 1. The molecule has 0 unspecified atom stereocenters. The summed E-state index contributed by atoms with van der Waals surface area (Å²) in [5.74, 6) is -0.363. The second-order valence-electron chi connectivity index (χ2n) is 10.3. The third kappa shape index (κ3) is 6.11. The number of rotatable bonds is 9. The van der Waals surface area contributed by atoms with E-state index in [-0.39, 0.29) is 40.9 Å². The molecule has 0 bridgehead atoms. The molecule has 2 heterocycles. The number of halogens is 2. The summed E-state index contributed by atoms with van der Waals surface area (Å²) in [6.07, 6.45) is 1.69. The summed E-state index contributed by atoms with van der Waals surface area (Å²) in [6.45, 7) is 1.86. The molecule has 0 saturated carbocycles. The van der Waals surface area contributed by atoms with Gasteiger partial charge in [-0.25, -0.2) is 14.2 Å². The molecule has 1 aromatic heterocycles. The van der Waals surface area contributed by atoms with Gasteiger partial charge >= 0.3 is 5.97 Å². The Morgan fingerprint density at radius 2 is 1.72 bits per heavy atom. The molecule has 6 rings (SSSR count). The first-order valence-corrected chi connectivity index (χ1v) is 15.7. The summed E-state index contributed by atoms with van der Waals surface area (Å²) in [7, 11) is 1.47. The number of methoxy groups -OCH3 is 1. The van der Waals surface area contributed by atoms with Crippen LogP contribution >= 0.6 is 22.9 Å². The molecule has 10 heteroatoms. The second-order valence-corrected chi connectivity index (χ2v) is 11.7. The normalized spacial score (nSPS) is 14.4. The van der Waals surface area contributed by atoms with Crippen molar-refractivity contribution in [2.45, 2.75) is 19.6 Å². The number of ether oxygens (including phenoxy) is 3. The zero-order valence-corrected chi connectivity index (χ0v) is 26.5. The third-order valence-corrected chi connectivity index (χ3v) is 8.63. The van der Waals surface area contributed by atoms with Crippen molar-refractivity contribution in [1.82, 2.24) is 4.57 Å². The van der Waals surface area contributed by atoms with Crippen LogP contribution in [0.3, 0.4) is 0 Å². The van der Waals surface area contributed by atoms with Gasteiger partial charge in [-0.05, 0) is 42.3 Å². The summed E-state index contributed by atoms with van der Waals surface area (Å²) in [5, 5.41) is 0.229. The van der Waals surface area contributed by atoms with E-state index in [1.54, 1.807) is 43.3 Å². The lowest BCUT2D eigenvalue weighted by molar-refractivity contribution is -0.138. The Bertz CT molecular complexity index is 2130. The predicted molar refractivity (Wildman–Crippen MR) is 176 cm³/mol. The van der Waals surface area contributed by atoms with Crippen molar-refractivity contribution in [1.29, 1.82) is 0 Å². The van der Waals surface area contributed by atoms with Crippen molar-refractivity contribution in [3.63, 3.8) is 0 Å². The van der Waals surface area contributed by atoms with Crippen molar-refractivity contribution in [2.24, 2.45) is 4.99 Å². The lowest BCUT2D eigenvalue weighted by atomic mass is 9.93. The van der Waals surface area contributed by atoms with Crippen molar-refractivity contribution in [3.05, 3.63) is 155 Å². The Balaban J connectivity index is 1.49. The maximum absolute atomic E-state index is 14.2. The molecule has 5 aromatic rings. The van der Waals surface area contributed by atoms with Gasteiger partial charge in [0.15, 0.2) is 16.3 Å². The Kier molecular flexibility index (Phi) is 9.14. The van der Waals surface area contributed by atoms with E-state index in [4.69, 9.17) is 30.8 Å². The smallest absolute Gasteiger partial charge is 0.338 e. The maximum atomic E-state index is 14.2. The average molecular weight is 655 g/mol. The number of esters is 1. The van der Waals surface area contributed by atoms with Crippen LogP contribution in [0.1, 0.15) is 35.2 Å². The highest BCUT2D eigenvalue weighted by Crippen LogP contribution is 2.38. The number of carbonyl (C=O) groups excluding carboxylic acids is 1. The van der Waals surface area contributed by atoms with Gasteiger partial charge in [0, 0.05) is 11.1 Å². The van der Waals surface area contributed by atoms with E-state index in [0.29, 0.717) is 31.9 Å². The summed E-state index contributed by atoms with van der Waals surface area (Å²) in [4.78, 5) is 33.0. The van der Waals surface area contributed by atoms with E-state index in [1.165, 1.54) is 29.1 Å². The van der Waals surface area contributed by atoms with Crippen molar-refractivity contribution in [3.8, 4) is 11.5 Å². The topological polar surface area (TPSA) is 79.1 Å². The van der Waals surface area contributed by atoms with Crippen LogP contribution in [-0.4, -0.2) is 24.3 Å². The molecule has 0 radical (unpaired) electrons. The number of benzene rings is 4.